The van der Waals surface area contributed by atoms with Crippen LogP contribution >= 0.6 is 0 Å². The Morgan fingerprint density at radius 2 is 1.27 bits per heavy atom. The summed E-state index contributed by atoms with van der Waals surface area (Å²) in [6.45, 7) is 11.7. The zero-order valence-electron chi connectivity index (χ0n) is 20.5. The van der Waals surface area contributed by atoms with Crippen molar-refractivity contribution in [2.75, 3.05) is 0 Å². The second kappa shape index (κ2) is 10.4. The number of ether oxygens (including phenoxy) is 2. The standard InChI is InChI=1S/C31H36O2/c1-21(2)18-30(22(3)4)24-14-16-27(17-15-24)33-23(5)32-20-31-28-12-8-6-10-25(28)19-26-11-7-9-13-29(26)31/h6-17,19,21-23,30H,18,20H2,1-5H3. The maximum Gasteiger partial charge on any atom is 0.197 e. The molecule has 0 aliphatic heterocycles. The van der Waals surface area contributed by atoms with Gasteiger partial charge in [0.1, 0.15) is 5.75 Å². The minimum atomic E-state index is -0.342. The summed E-state index contributed by atoms with van der Waals surface area (Å²) in [5, 5.41) is 4.94. The van der Waals surface area contributed by atoms with E-state index in [1.807, 2.05) is 6.92 Å². The molecule has 172 valence electrons. The van der Waals surface area contributed by atoms with Crippen LogP contribution < -0.4 is 4.74 Å². The zero-order valence-corrected chi connectivity index (χ0v) is 20.5. The normalized spacial score (nSPS) is 13.7. The molecule has 0 amide bonds. The Hall–Kier alpha value is -2.84. The molecular weight excluding hydrogens is 404 g/mol. The summed E-state index contributed by atoms with van der Waals surface area (Å²) >= 11 is 0. The molecular formula is C31H36O2. The van der Waals surface area contributed by atoms with Gasteiger partial charge < -0.3 is 9.47 Å². The predicted molar refractivity (Wildman–Crippen MR) is 140 cm³/mol. The van der Waals surface area contributed by atoms with Crippen LogP contribution in [0.2, 0.25) is 0 Å². The molecule has 4 aromatic carbocycles. The van der Waals surface area contributed by atoms with Crippen molar-refractivity contribution in [2.45, 2.75) is 59.9 Å². The summed E-state index contributed by atoms with van der Waals surface area (Å²) < 4.78 is 12.3. The molecule has 0 heterocycles. The highest BCUT2D eigenvalue weighted by Gasteiger charge is 2.18. The summed E-state index contributed by atoms with van der Waals surface area (Å²) in [6.07, 6.45) is 0.862. The fourth-order valence-corrected chi connectivity index (χ4v) is 4.78. The van der Waals surface area contributed by atoms with Gasteiger partial charge in [-0.15, -0.1) is 0 Å². The Balaban J connectivity index is 1.47. The van der Waals surface area contributed by atoms with E-state index in [4.69, 9.17) is 9.47 Å². The Bertz CT molecular complexity index is 1140. The Morgan fingerprint density at radius 1 is 0.697 bits per heavy atom. The van der Waals surface area contributed by atoms with E-state index in [1.54, 1.807) is 0 Å². The van der Waals surface area contributed by atoms with Gasteiger partial charge in [0.15, 0.2) is 6.29 Å². The number of hydrogen-bond donors (Lipinski definition) is 0. The van der Waals surface area contributed by atoms with Crippen molar-refractivity contribution in [3.05, 3.63) is 90.0 Å². The van der Waals surface area contributed by atoms with Crippen molar-refractivity contribution in [2.24, 2.45) is 11.8 Å². The first-order valence-electron chi connectivity index (χ1n) is 12.2. The van der Waals surface area contributed by atoms with E-state index in [0.717, 1.165) is 5.75 Å². The molecule has 2 heteroatoms. The van der Waals surface area contributed by atoms with Crippen LogP contribution in [0, 0.1) is 11.8 Å². The lowest BCUT2D eigenvalue weighted by atomic mass is 9.82. The van der Waals surface area contributed by atoms with Crippen LogP contribution in [0.3, 0.4) is 0 Å². The van der Waals surface area contributed by atoms with Crippen LogP contribution in [0.1, 0.15) is 58.1 Å². The Morgan fingerprint density at radius 3 is 1.82 bits per heavy atom. The fourth-order valence-electron chi connectivity index (χ4n) is 4.78. The van der Waals surface area contributed by atoms with Gasteiger partial charge in [-0.3, -0.25) is 0 Å². The fraction of sp³-hybridized carbons (Fsp3) is 0.355. The van der Waals surface area contributed by atoms with Crippen molar-refractivity contribution in [3.8, 4) is 5.75 Å². The van der Waals surface area contributed by atoms with Gasteiger partial charge >= 0.3 is 0 Å². The van der Waals surface area contributed by atoms with Gasteiger partial charge in [0.2, 0.25) is 0 Å². The molecule has 0 fully saturated rings. The van der Waals surface area contributed by atoms with Gasteiger partial charge in [-0.05, 0) is 82.0 Å². The molecule has 4 rings (SSSR count). The van der Waals surface area contributed by atoms with Crippen molar-refractivity contribution in [3.63, 3.8) is 0 Å². The van der Waals surface area contributed by atoms with Crippen LogP contribution in [0.5, 0.6) is 5.75 Å². The molecule has 0 saturated carbocycles. The molecule has 0 aliphatic carbocycles. The number of rotatable bonds is 9. The third kappa shape index (κ3) is 5.57. The Labute approximate surface area is 198 Å². The maximum atomic E-state index is 6.19. The lowest BCUT2D eigenvalue weighted by Gasteiger charge is -2.24. The predicted octanol–water partition coefficient (Wildman–Crippen LogP) is 8.72. The van der Waals surface area contributed by atoms with E-state index in [2.05, 4.69) is 107 Å². The van der Waals surface area contributed by atoms with Gasteiger partial charge in [-0.1, -0.05) is 88.4 Å². The number of fused-ring (bicyclic) bond motifs is 2. The highest BCUT2D eigenvalue weighted by Crippen LogP contribution is 2.32. The minimum Gasteiger partial charge on any atom is -0.465 e. The SMILES string of the molecule is CC(C)CC(c1ccc(OC(C)OCc2c3ccccc3cc3ccccc23)cc1)C(C)C. The molecule has 0 aromatic heterocycles. The molecule has 0 bridgehead atoms. The largest absolute Gasteiger partial charge is 0.465 e. The topological polar surface area (TPSA) is 18.5 Å². The maximum absolute atomic E-state index is 6.19. The molecule has 2 nitrogen and oxygen atoms in total. The lowest BCUT2D eigenvalue weighted by molar-refractivity contribution is -0.0752. The Kier molecular flexibility index (Phi) is 7.35. The van der Waals surface area contributed by atoms with Gasteiger partial charge in [-0.25, -0.2) is 0 Å². The minimum absolute atomic E-state index is 0.342. The average molecular weight is 441 g/mol. The lowest BCUT2D eigenvalue weighted by Crippen LogP contribution is -2.16. The van der Waals surface area contributed by atoms with E-state index in [9.17, 15) is 0 Å². The van der Waals surface area contributed by atoms with Crippen molar-refractivity contribution in [1.29, 1.82) is 0 Å². The first-order chi connectivity index (χ1) is 15.9. The molecule has 0 aliphatic rings. The second-order valence-corrected chi connectivity index (χ2v) is 9.84. The van der Waals surface area contributed by atoms with Crippen molar-refractivity contribution in [1.82, 2.24) is 0 Å². The molecule has 0 spiro atoms. The van der Waals surface area contributed by atoms with Crippen LogP contribution in [0.25, 0.3) is 21.5 Å². The number of hydrogen-bond acceptors (Lipinski definition) is 2. The quantitative estimate of drug-likeness (QED) is 0.191. The van der Waals surface area contributed by atoms with Crippen molar-refractivity contribution < 1.29 is 9.47 Å². The zero-order chi connectivity index (χ0) is 23.4. The third-order valence-electron chi connectivity index (χ3n) is 6.49. The van der Waals surface area contributed by atoms with E-state index < -0.39 is 0 Å². The first-order valence-corrected chi connectivity index (χ1v) is 12.2. The van der Waals surface area contributed by atoms with Gasteiger partial charge in [0, 0.05) is 0 Å². The van der Waals surface area contributed by atoms with Crippen LogP contribution in [-0.2, 0) is 11.3 Å². The summed E-state index contributed by atoms with van der Waals surface area (Å²) in [6, 6.07) is 27.9. The van der Waals surface area contributed by atoms with Gasteiger partial charge in [0.25, 0.3) is 0 Å². The first kappa shape index (κ1) is 23.3. The van der Waals surface area contributed by atoms with E-state index >= 15 is 0 Å². The van der Waals surface area contributed by atoms with Crippen molar-refractivity contribution >= 4 is 21.5 Å². The summed E-state index contributed by atoms with van der Waals surface area (Å²) in [5.41, 5.74) is 2.60. The highest BCUT2D eigenvalue weighted by atomic mass is 16.7. The second-order valence-electron chi connectivity index (χ2n) is 9.84. The van der Waals surface area contributed by atoms with E-state index in [-0.39, 0.29) is 6.29 Å². The van der Waals surface area contributed by atoms with Crippen LogP contribution in [-0.4, -0.2) is 6.29 Å². The molecule has 0 saturated heterocycles. The monoisotopic (exact) mass is 440 g/mol. The number of benzene rings is 4. The smallest absolute Gasteiger partial charge is 0.197 e. The molecule has 4 aromatic rings. The average Bonchev–Trinajstić information content (AvgIpc) is 2.80. The van der Waals surface area contributed by atoms with Gasteiger partial charge in [-0.2, -0.15) is 0 Å². The van der Waals surface area contributed by atoms with Gasteiger partial charge in [0.05, 0.1) is 6.61 Å². The van der Waals surface area contributed by atoms with Crippen LogP contribution in [0.15, 0.2) is 78.9 Å². The van der Waals surface area contributed by atoms with E-state index in [0.29, 0.717) is 24.4 Å². The summed E-state index contributed by atoms with van der Waals surface area (Å²) in [7, 11) is 0. The highest BCUT2D eigenvalue weighted by molar-refractivity contribution is 6.02. The van der Waals surface area contributed by atoms with Crippen LogP contribution in [0.4, 0.5) is 0 Å². The summed E-state index contributed by atoms with van der Waals surface area (Å²) in [5.74, 6) is 2.73. The molecule has 0 radical (unpaired) electrons. The molecule has 2 unspecified atom stereocenters. The summed E-state index contributed by atoms with van der Waals surface area (Å²) in [4.78, 5) is 0. The molecule has 33 heavy (non-hydrogen) atoms. The molecule has 0 N–H and O–H groups in total. The third-order valence-corrected chi connectivity index (χ3v) is 6.49. The van der Waals surface area contributed by atoms with E-state index in [1.165, 1.54) is 39.1 Å². The molecule has 2 atom stereocenters.